The lowest BCUT2D eigenvalue weighted by Gasteiger charge is -2.43. The van der Waals surface area contributed by atoms with Crippen molar-refractivity contribution >= 4 is 22.8 Å². The molecule has 1 saturated heterocycles. The maximum atomic E-state index is 14.5. The molecule has 1 saturated carbocycles. The third kappa shape index (κ3) is 3.07. The van der Waals surface area contributed by atoms with Gasteiger partial charge < -0.3 is 19.4 Å². The molecule has 1 aliphatic carbocycles. The Balaban J connectivity index is 1.53. The molecule has 0 radical (unpaired) electrons. The summed E-state index contributed by atoms with van der Waals surface area (Å²) in [5, 5.41) is 0.905. The summed E-state index contributed by atoms with van der Waals surface area (Å²) in [5.74, 6) is -0.0910. The molecule has 1 N–H and O–H groups in total. The Morgan fingerprint density at radius 1 is 1.13 bits per heavy atom. The molecule has 3 atom stereocenters. The highest BCUT2D eigenvalue weighted by Gasteiger charge is 2.76. The number of halogens is 3. The van der Waals surface area contributed by atoms with Crippen LogP contribution in [0.4, 0.5) is 13.2 Å². The van der Waals surface area contributed by atoms with Crippen LogP contribution in [-0.2, 0) is 26.9 Å². The molecule has 2 bridgehead atoms. The van der Waals surface area contributed by atoms with E-state index in [-0.39, 0.29) is 12.5 Å². The number of amides is 1. The molecule has 1 aromatic heterocycles. The number of benzene rings is 2. The third-order valence-electron chi connectivity index (χ3n) is 9.55. The summed E-state index contributed by atoms with van der Waals surface area (Å²) in [6.45, 7) is 5.86. The van der Waals surface area contributed by atoms with E-state index in [0.717, 1.165) is 28.6 Å². The van der Waals surface area contributed by atoms with Gasteiger partial charge in [-0.05, 0) is 67.6 Å². The van der Waals surface area contributed by atoms with Gasteiger partial charge in [0.05, 0.1) is 24.1 Å². The van der Waals surface area contributed by atoms with E-state index >= 15 is 0 Å². The van der Waals surface area contributed by atoms with E-state index in [0.29, 0.717) is 36.3 Å². The van der Waals surface area contributed by atoms with Crippen LogP contribution in [0.25, 0.3) is 10.9 Å². The second-order valence-corrected chi connectivity index (χ2v) is 11.4. The molecule has 3 heterocycles. The summed E-state index contributed by atoms with van der Waals surface area (Å²) in [6.07, 6.45) is -3.15. The smallest absolute Gasteiger partial charge is 0.416 e. The molecule has 6 rings (SSSR count). The number of hydrogen-bond donors (Lipinski definition) is 1. The fraction of sp³-hybridized carbons (Fsp3) is 0.448. The largest absolute Gasteiger partial charge is 0.497 e. The number of aromatic nitrogens is 1. The van der Waals surface area contributed by atoms with E-state index in [1.54, 1.807) is 18.1 Å². The number of fused-ring (bicyclic) bond motifs is 5. The minimum Gasteiger partial charge on any atom is -0.497 e. The predicted octanol–water partition coefficient (Wildman–Crippen LogP) is 5.79. The summed E-state index contributed by atoms with van der Waals surface area (Å²) in [6, 6.07) is 9.87. The molecule has 38 heavy (non-hydrogen) atoms. The van der Waals surface area contributed by atoms with Gasteiger partial charge in [-0.2, -0.15) is 13.2 Å². The number of rotatable bonds is 3. The molecule has 2 aromatic carbocycles. The van der Waals surface area contributed by atoms with Crippen molar-refractivity contribution in [2.24, 2.45) is 10.8 Å². The van der Waals surface area contributed by atoms with Gasteiger partial charge in [-0.15, -0.1) is 0 Å². The molecule has 0 spiro atoms. The number of nitrogens with one attached hydrogen (secondary N) is 1. The number of esters is 1. The summed E-state index contributed by atoms with van der Waals surface area (Å²) >= 11 is 0. The minimum atomic E-state index is -4.54. The highest BCUT2D eigenvalue weighted by Crippen LogP contribution is 2.66. The lowest BCUT2D eigenvalue weighted by molar-refractivity contribution is -0.175. The Kier molecular flexibility index (Phi) is 5.08. The normalized spacial score (nSPS) is 27.9. The van der Waals surface area contributed by atoms with Gasteiger partial charge in [-0.3, -0.25) is 9.59 Å². The zero-order valence-electron chi connectivity index (χ0n) is 21.7. The van der Waals surface area contributed by atoms with Crippen molar-refractivity contribution in [2.75, 3.05) is 13.7 Å². The fourth-order valence-electron chi connectivity index (χ4n) is 6.80. The maximum Gasteiger partial charge on any atom is 0.416 e. The first-order valence-corrected chi connectivity index (χ1v) is 12.7. The highest BCUT2D eigenvalue weighted by molar-refractivity contribution is 5.97. The standard InChI is InChI=1S/C29H29F3N2O4/c1-26(2)27(3)11-12-28(26,38-25(27)36)24(35)34-13-10-19-20-15-18(37-4)8-9-21(20)33-22(19)23(34)16-6-5-7-17(14-16)29(30,31)32/h5-9,14-15,23,33H,10-13H2,1-4H3/t23-,27+,28-/m1/s1. The number of alkyl halides is 3. The highest BCUT2D eigenvalue weighted by atomic mass is 19.4. The Morgan fingerprint density at radius 2 is 1.89 bits per heavy atom. The van der Waals surface area contributed by atoms with Gasteiger partial charge in [0.15, 0.2) is 5.60 Å². The van der Waals surface area contributed by atoms with E-state index in [4.69, 9.17) is 9.47 Å². The number of aromatic amines is 1. The molecule has 3 aromatic rings. The van der Waals surface area contributed by atoms with Crippen molar-refractivity contribution in [1.82, 2.24) is 9.88 Å². The zero-order chi connectivity index (χ0) is 27.3. The average molecular weight is 527 g/mol. The van der Waals surface area contributed by atoms with Crippen molar-refractivity contribution in [2.45, 2.75) is 57.9 Å². The fourth-order valence-corrected chi connectivity index (χ4v) is 6.80. The van der Waals surface area contributed by atoms with E-state index in [2.05, 4.69) is 4.98 Å². The quantitative estimate of drug-likeness (QED) is 0.439. The van der Waals surface area contributed by atoms with Crippen molar-refractivity contribution in [3.63, 3.8) is 0 Å². The predicted molar refractivity (Wildman–Crippen MR) is 133 cm³/mol. The number of H-pyrrole nitrogens is 1. The molecule has 6 nitrogen and oxygen atoms in total. The molecule has 2 aliphatic heterocycles. The monoisotopic (exact) mass is 526 g/mol. The van der Waals surface area contributed by atoms with Gasteiger partial charge in [0.25, 0.3) is 5.91 Å². The average Bonchev–Trinajstić information content (AvgIpc) is 3.40. The Morgan fingerprint density at radius 3 is 2.53 bits per heavy atom. The molecule has 2 fully saturated rings. The maximum absolute atomic E-state index is 14.5. The van der Waals surface area contributed by atoms with E-state index in [1.807, 2.05) is 39.0 Å². The molecule has 3 aliphatic rings. The van der Waals surface area contributed by atoms with Crippen molar-refractivity contribution < 1.29 is 32.2 Å². The molecule has 9 heteroatoms. The Hall–Kier alpha value is -3.49. The number of ether oxygens (including phenoxy) is 2. The van der Waals surface area contributed by atoms with E-state index < -0.39 is 40.2 Å². The van der Waals surface area contributed by atoms with Crippen LogP contribution in [0.3, 0.4) is 0 Å². The lowest BCUT2D eigenvalue weighted by atomic mass is 9.66. The topological polar surface area (TPSA) is 71.6 Å². The van der Waals surface area contributed by atoms with Crippen LogP contribution in [0, 0.1) is 10.8 Å². The number of methoxy groups -OCH3 is 1. The van der Waals surface area contributed by atoms with E-state index in [9.17, 15) is 22.8 Å². The van der Waals surface area contributed by atoms with Crippen molar-refractivity contribution in [1.29, 1.82) is 0 Å². The number of hydrogen-bond acceptors (Lipinski definition) is 4. The first kappa shape index (κ1) is 24.8. The SMILES string of the molecule is COc1ccc2[nH]c3c(c2c1)CCN(C(=O)[C@@]12CC[C@@](C)(C(=O)O1)C2(C)C)[C@@H]3c1cccc(C(F)(F)F)c1. The second kappa shape index (κ2) is 7.77. The summed E-state index contributed by atoms with van der Waals surface area (Å²) in [5.41, 5.74) is -0.993. The summed E-state index contributed by atoms with van der Waals surface area (Å²) in [4.78, 5) is 32.4. The summed E-state index contributed by atoms with van der Waals surface area (Å²) < 4.78 is 52.5. The number of nitrogens with zero attached hydrogens (tertiary/aromatic N) is 1. The van der Waals surface area contributed by atoms with Gasteiger partial charge in [0, 0.05) is 28.6 Å². The van der Waals surface area contributed by atoms with E-state index in [1.165, 1.54) is 6.07 Å². The first-order chi connectivity index (χ1) is 17.8. The molecular formula is C29H29F3N2O4. The number of carbonyl (C=O) groups is 2. The van der Waals surface area contributed by atoms with Gasteiger partial charge in [0.1, 0.15) is 5.75 Å². The second-order valence-electron chi connectivity index (χ2n) is 11.4. The van der Waals surface area contributed by atoms with Gasteiger partial charge in [0.2, 0.25) is 0 Å². The van der Waals surface area contributed by atoms with Crippen molar-refractivity contribution in [3.8, 4) is 5.75 Å². The van der Waals surface area contributed by atoms with Crippen LogP contribution >= 0.6 is 0 Å². The van der Waals surface area contributed by atoms with Crippen LogP contribution in [0.1, 0.15) is 62.0 Å². The third-order valence-corrected chi connectivity index (χ3v) is 9.55. The van der Waals surface area contributed by atoms with Gasteiger partial charge in [-0.1, -0.05) is 26.0 Å². The minimum absolute atomic E-state index is 0.267. The Bertz CT molecular complexity index is 1490. The molecule has 1 amide bonds. The summed E-state index contributed by atoms with van der Waals surface area (Å²) in [7, 11) is 1.57. The van der Waals surface area contributed by atoms with Gasteiger partial charge >= 0.3 is 12.1 Å². The molecule has 0 unspecified atom stereocenters. The number of carbonyl (C=O) groups excluding carboxylic acids is 2. The Labute approximate surface area is 218 Å². The molecule has 200 valence electrons. The molecular weight excluding hydrogens is 497 g/mol. The van der Waals surface area contributed by atoms with Crippen LogP contribution in [0.5, 0.6) is 5.75 Å². The van der Waals surface area contributed by atoms with Gasteiger partial charge in [-0.25, -0.2) is 0 Å². The van der Waals surface area contributed by atoms with Crippen LogP contribution < -0.4 is 4.74 Å². The van der Waals surface area contributed by atoms with Crippen LogP contribution in [0.2, 0.25) is 0 Å². The van der Waals surface area contributed by atoms with Crippen LogP contribution in [-0.4, -0.2) is 41.0 Å². The van der Waals surface area contributed by atoms with Crippen LogP contribution in [0.15, 0.2) is 42.5 Å². The van der Waals surface area contributed by atoms with Crippen molar-refractivity contribution in [3.05, 3.63) is 64.8 Å². The first-order valence-electron chi connectivity index (χ1n) is 12.7. The zero-order valence-corrected chi connectivity index (χ0v) is 21.7. The lowest BCUT2D eigenvalue weighted by Crippen LogP contribution is -2.57.